The summed E-state index contributed by atoms with van der Waals surface area (Å²) < 4.78 is 19.3. The first-order chi connectivity index (χ1) is 14.9. The summed E-state index contributed by atoms with van der Waals surface area (Å²) in [6.07, 6.45) is 12.5. The van der Waals surface area contributed by atoms with E-state index in [1.807, 2.05) is 7.11 Å². The van der Waals surface area contributed by atoms with E-state index in [1.165, 1.54) is 38.5 Å². The Balaban J connectivity index is 1.39. The molecule has 178 valence electrons. The fraction of sp³-hybridized carbons (Fsp3) is 1.00. The molecule has 1 aliphatic heterocycles. The Morgan fingerprint density at radius 2 is 1.77 bits per heavy atom. The zero-order valence-electron chi connectivity index (χ0n) is 19.8. The topological polar surface area (TPSA) is 47.9 Å². The molecule has 5 aliphatic rings. The van der Waals surface area contributed by atoms with Gasteiger partial charge in [0, 0.05) is 30.5 Å². The van der Waals surface area contributed by atoms with Crippen molar-refractivity contribution >= 4 is 22.6 Å². The molecule has 9 atom stereocenters. The SMILES string of the molecule is CO[C@@H]1C[C@H]2CC3(CC[C@]2(C)C2CC[C@@]4(C)C(CC[C@@H]4[C@H](I)CCCO)C21)OCCO3. The zero-order chi connectivity index (χ0) is 21.9. The van der Waals surface area contributed by atoms with Crippen molar-refractivity contribution in [1.82, 2.24) is 0 Å². The van der Waals surface area contributed by atoms with Crippen LogP contribution in [-0.4, -0.2) is 47.9 Å². The number of methoxy groups -OCH3 is 1. The second-order valence-corrected chi connectivity index (χ2v) is 13.5. The molecule has 4 saturated carbocycles. The molecular weight excluding hydrogens is 503 g/mol. The third-order valence-electron chi connectivity index (χ3n) is 10.9. The predicted molar refractivity (Wildman–Crippen MR) is 130 cm³/mol. The third-order valence-corrected chi connectivity index (χ3v) is 12.4. The van der Waals surface area contributed by atoms with Gasteiger partial charge in [-0.3, -0.25) is 0 Å². The minimum absolute atomic E-state index is 0.294. The van der Waals surface area contributed by atoms with E-state index in [0.29, 0.717) is 39.3 Å². The second-order valence-electron chi connectivity index (χ2n) is 11.9. The van der Waals surface area contributed by atoms with Gasteiger partial charge in [0.25, 0.3) is 0 Å². The average molecular weight is 547 g/mol. The molecule has 31 heavy (non-hydrogen) atoms. The summed E-state index contributed by atoms with van der Waals surface area (Å²) in [5.74, 6) is 3.42. The first-order valence-electron chi connectivity index (χ1n) is 12.9. The normalized spacial score (nSPS) is 49.5. The molecular formula is C26H43IO4. The lowest BCUT2D eigenvalue weighted by Crippen LogP contribution is -2.60. The van der Waals surface area contributed by atoms with Gasteiger partial charge in [-0.2, -0.15) is 0 Å². The van der Waals surface area contributed by atoms with Crippen molar-refractivity contribution in [3.63, 3.8) is 0 Å². The number of rotatable bonds is 5. The quantitative estimate of drug-likeness (QED) is 0.361. The summed E-state index contributed by atoms with van der Waals surface area (Å²) in [5, 5.41) is 9.35. The van der Waals surface area contributed by atoms with Crippen molar-refractivity contribution in [2.75, 3.05) is 26.9 Å². The van der Waals surface area contributed by atoms with Crippen molar-refractivity contribution in [2.24, 2.45) is 40.4 Å². The summed E-state index contributed by atoms with van der Waals surface area (Å²) >= 11 is 2.71. The molecule has 5 rings (SSSR count). The highest BCUT2D eigenvalue weighted by Gasteiger charge is 2.64. The molecule has 0 aromatic heterocycles. The van der Waals surface area contributed by atoms with Crippen LogP contribution in [0, 0.1) is 40.4 Å². The summed E-state index contributed by atoms with van der Waals surface area (Å²) in [6, 6.07) is 0. The number of ether oxygens (including phenoxy) is 3. The first kappa shape index (κ1) is 23.3. The fourth-order valence-corrected chi connectivity index (χ4v) is 10.9. The molecule has 0 radical (unpaired) electrons. The number of aliphatic hydroxyl groups excluding tert-OH is 1. The van der Waals surface area contributed by atoms with Gasteiger partial charge in [-0.25, -0.2) is 0 Å². The van der Waals surface area contributed by atoms with E-state index in [1.54, 1.807) is 0 Å². The molecule has 4 aliphatic carbocycles. The maximum atomic E-state index is 9.35. The van der Waals surface area contributed by atoms with Crippen LogP contribution in [0.25, 0.3) is 0 Å². The van der Waals surface area contributed by atoms with Crippen LogP contribution in [0.2, 0.25) is 0 Å². The van der Waals surface area contributed by atoms with Crippen molar-refractivity contribution in [2.45, 2.75) is 93.9 Å². The van der Waals surface area contributed by atoms with Gasteiger partial charge in [-0.05, 0) is 91.8 Å². The second kappa shape index (κ2) is 8.66. The van der Waals surface area contributed by atoms with Crippen LogP contribution in [-0.2, 0) is 14.2 Å². The maximum absolute atomic E-state index is 9.35. The Kier molecular flexibility index (Phi) is 6.51. The molecule has 5 heteroatoms. The van der Waals surface area contributed by atoms with Crippen molar-refractivity contribution in [3.8, 4) is 0 Å². The van der Waals surface area contributed by atoms with Crippen LogP contribution in [0.5, 0.6) is 0 Å². The number of alkyl halides is 1. The minimum atomic E-state index is -0.294. The van der Waals surface area contributed by atoms with Crippen LogP contribution < -0.4 is 0 Å². The number of aliphatic hydroxyl groups is 1. The number of halogens is 1. The van der Waals surface area contributed by atoms with Gasteiger partial charge in [-0.15, -0.1) is 0 Å². The Morgan fingerprint density at radius 1 is 1.03 bits per heavy atom. The fourth-order valence-electron chi connectivity index (χ4n) is 9.27. The van der Waals surface area contributed by atoms with E-state index in [9.17, 15) is 5.11 Å². The van der Waals surface area contributed by atoms with Gasteiger partial charge >= 0.3 is 0 Å². The van der Waals surface area contributed by atoms with Crippen LogP contribution in [0.3, 0.4) is 0 Å². The molecule has 0 aromatic rings. The van der Waals surface area contributed by atoms with Gasteiger partial charge < -0.3 is 19.3 Å². The van der Waals surface area contributed by atoms with E-state index < -0.39 is 0 Å². The standard InChI is InChI=1S/C26H43IO4/c1-24-10-11-26(30-13-14-31-26)16-17(24)15-22(29-3)23-19-7-6-18(21(27)5-4-12-28)25(19,2)9-8-20(23)24/h17-23,28H,4-16H2,1-3H3/t17-,18+,19?,20?,21+,22+,23?,24-,25+/m0/s1. The highest BCUT2D eigenvalue weighted by molar-refractivity contribution is 14.1. The molecule has 1 N–H and O–H groups in total. The first-order valence-corrected chi connectivity index (χ1v) is 14.2. The average Bonchev–Trinajstić information content (AvgIpc) is 3.36. The van der Waals surface area contributed by atoms with E-state index in [-0.39, 0.29) is 5.79 Å². The molecule has 3 unspecified atom stereocenters. The minimum Gasteiger partial charge on any atom is -0.396 e. The van der Waals surface area contributed by atoms with Crippen LogP contribution in [0.1, 0.15) is 78.1 Å². The molecule has 0 aromatic carbocycles. The summed E-state index contributed by atoms with van der Waals surface area (Å²) in [6.45, 7) is 7.09. The molecule has 0 amide bonds. The summed E-state index contributed by atoms with van der Waals surface area (Å²) in [7, 11) is 1.96. The van der Waals surface area contributed by atoms with Crippen LogP contribution >= 0.6 is 22.6 Å². The lowest BCUT2D eigenvalue weighted by atomic mass is 9.43. The van der Waals surface area contributed by atoms with E-state index in [4.69, 9.17) is 14.2 Å². The summed E-state index contributed by atoms with van der Waals surface area (Å²) in [5.41, 5.74) is 0.844. The van der Waals surface area contributed by atoms with Gasteiger partial charge in [-0.1, -0.05) is 36.4 Å². The van der Waals surface area contributed by atoms with Gasteiger partial charge in [0.2, 0.25) is 0 Å². The van der Waals surface area contributed by atoms with Gasteiger partial charge in [0.15, 0.2) is 5.79 Å². The highest BCUT2D eigenvalue weighted by Crippen LogP contribution is 2.69. The monoisotopic (exact) mass is 546 g/mol. The van der Waals surface area contributed by atoms with E-state index >= 15 is 0 Å². The zero-order valence-corrected chi connectivity index (χ0v) is 21.9. The van der Waals surface area contributed by atoms with Crippen molar-refractivity contribution in [3.05, 3.63) is 0 Å². The number of hydrogen-bond acceptors (Lipinski definition) is 4. The molecule has 0 bridgehead atoms. The maximum Gasteiger partial charge on any atom is 0.168 e. The van der Waals surface area contributed by atoms with Crippen LogP contribution in [0.15, 0.2) is 0 Å². The van der Waals surface area contributed by atoms with Crippen LogP contribution in [0.4, 0.5) is 0 Å². The Hall–Kier alpha value is 0.570. The number of hydrogen-bond donors (Lipinski definition) is 1. The molecule has 1 spiro atoms. The summed E-state index contributed by atoms with van der Waals surface area (Å²) in [4.78, 5) is 0. The smallest absolute Gasteiger partial charge is 0.168 e. The predicted octanol–water partition coefficient (Wildman–Crippen LogP) is 5.59. The van der Waals surface area contributed by atoms with Crippen molar-refractivity contribution < 1.29 is 19.3 Å². The number of fused-ring (bicyclic) bond motifs is 5. The molecule has 4 nitrogen and oxygen atoms in total. The molecule has 1 heterocycles. The van der Waals surface area contributed by atoms with Gasteiger partial charge in [0.1, 0.15) is 0 Å². The van der Waals surface area contributed by atoms with Gasteiger partial charge in [0.05, 0.1) is 19.3 Å². The van der Waals surface area contributed by atoms with E-state index in [2.05, 4.69) is 36.4 Å². The van der Waals surface area contributed by atoms with E-state index in [0.717, 1.165) is 56.7 Å². The van der Waals surface area contributed by atoms with Crippen molar-refractivity contribution in [1.29, 1.82) is 0 Å². The lowest BCUT2D eigenvalue weighted by molar-refractivity contribution is -0.244. The Morgan fingerprint density at radius 3 is 2.48 bits per heavy atom. The Labute approximate surface area is 202 Å². The third kappa shape index (κ3) is 3.66. The Bertz CT molecular complexity index is 651. The largest absolute Gasteiger partial charge is 0.396 e. The molecule has 1 saturated heterocycles. The molecule has 5 fully saturated rings. The lowest BCUT2D eigenvalue weighted by Gasteiger charge is -2.63. The highest BCUT2D eigenvalue weighted by atomic mass is 127.